The fourth-order valence-electron chi connectivity index (χ4n) is 1.69. The second kappa shape index (κ2) is 2.90. The average Bonchev–Trinajstić information content (AvgIpc) is 2.41. The third-order valence-corrected chi connectivity index (χ3v) is 2.39. The van der Waals surface area contributed by atoms with Crippen molar-refractivity contribution in [2.75, 3.05) is 6.54 Å². The maximum absolute atomic E-state index is 11.6. The van der Waals surface area contributed by atoms with E-state index in [4.69, 9.17) is 0 Å². The van der Waals surface area contributed by atoms with Gasteiger partial charge in [0.15, 0.2) is 5.78 Å². The van der Waals surface area contributed by atoms with Crippen LogP contribution in [0.2, 0.25) is 0 Å². The van der Waals surface area contributed by atoms with Crippen molar-refractivity contribution in [1.82, 2.24) is 4.90 Å². The Morgan fingerprint density at radius 2 is 2.00 bits per heavy atom. The van der Waals surface area contributed by atoms with Gasteiger partial charge in [-0.05, 0) is 6.92 Å². The monoisotopic (exact) mass is 191 g/mol. The SMILES string of the molecule is CCN1C(=O)C2=C(C(=O)CC=C2)C1=O. The first-order valence-electron chi connectivity index (χ1n) is 4.47. The van der Waals surface area contributed by atoms with Crippen LogP contribution < -0.4 is 0 Å². The van der Waals surface area contributed by atoms with Gasteiger partial charge in [-0.1, -0.05) is 12.2 Å². The van der Waals surface area contributed by atoms with Gasteiger partial charge in [0.05, 0.1) is 11.1 Å². The Bertz CT molecular complexity index is 404. The molecule has 1 aliphatic carbocycles. The lowest BCUT2D eigenvalue weighted by Crippen LogP contribution is -2.31. The van der Waals surface area contributed by atoms with Crippen LogP contribution in [0, 0.1) is 0 Å². The molecule has 0 N–H and O–H groups in total. The molecule has 0 aromatic heterocycles. The van der Waals surface area contributed by atoms with Gasteiger partial charge in [-0.25, -0.2) is 0 Å². The van der Waals surface area contributed by atoms with E-state index in [1.54, 1.807) is 19.1 Å². The second-order valence-corrected chi connectivity index (χ2v) is 3.17. The van der Waals surface area contributed by atoms with Crippen molar-refractivity contribution in [2.24, 2.45) is 0 Å². The number of imide groups is 1. The molecule has 0 saturated carbocycles. The minimum atomic E-state index is -0.443. The number of likely N-dealkylation sites (N-methyl/N-ethyl adjacent to an activating group) is 1. The summed E-state index contributed by atoms with van der Waals surface area (Å²) in [4.78, 5) is 35.6. The lowest BCUT2D eigenvalue weighted by Gasteiger charge is -2.10. The molecule has 4 heteroatoms. The molecule has 0 aromatic carbocycles. The molecule has 0 saturated heterocycles. The summed E-state index contributed by atoms with van der Waals surface area (Å²) in [6.07, 6.45) is 3.40. The number of ketones is 1. The first-order valence-corrected chi connectivity index (χ1v) is 4.47. The summed E-state index contributed by atoms with van der Waals surface area (Å²) in [7, 11) is 0. The Morgan fingerprint density at radius 1 is 1.29 bits per heavy atom. The van der Waals surface area contributed by atoms with Gasteiger partial charge in [-0.3, -0.25) is 19.3 Å². The molecule has 0 radical (unpaired) electrons. The highest BCUT2D eigenvalue weighted by molar-refractivity contribution is 6.33. The van der Waals surface area contributed by atoms with E-state index in [9.17, 15) is 14.4 Å². The van der Waals surface area contributed by atoms with Crippen molar-refractivity contribution >= 4 is 17.6 Å². The number of amides is 2. The lowest BCUT2D eigenvalue weighted by atomic mass is 9.98. The molecule has 2 aliphatic rings. The molecule has 0 atom stereocenters. The van der Waals surface area contributed by atoms with Crippen molar-refractivity contribution in [3.8, 4) is 0 Å². The van der Waals surface area contributed by atoms with Crippen LogP contribution in [0.4, 0.5) is 0 Å². The van der Waals surface area contributed by atoms with Gasteiger partial charge in [0.2, 0.25) is 0 Å². The van der Waals surface area contributed by atoms with Crippen LogP contribution in [0.5, 0.6) is 0 Å². The number of hydrogen-bond acceptors (Lipinski definition) is 3. The van der Waals surface area contributed by atoms with Crippen molar-refractivity contribution in [3.05, 3.63) is 23.3 Å². The zero-order chi connectivity index (χ0) is 10.3. The summed E-state index contributed by atoms with van der Waals surface area (Å²) in [5.74, 6) is -1.05. The number of nitrogens with zero attached hydrogens (tertiary/aromatic N) is 1. The molecule has 2 amide bonds. The molecule has 0 aromatic rings. The standard InChI is InChI=1S/C10H9NO3/c1-2-11-9(13)6-4-3-5-7(12)8(6)10(11)14/h3-4H,2,5H2,1H3. The Hall–Kier alpha value is -1.71. The molecule has 14 heavy (non-hydrogen) atoms. The maximum atomic E-state index is 11.6. The molecule has 0 bridgehead atoms. The highest BCUT2D eigenvalue weighted by Gasteiger charge is 2.40. The van der Waals surface area contributed by atoms with Crippen LogP contribution >= 0.6 is 0 Å². The molecule has 1 aliphatic heterocycles. The Morgan fingerprint density at radius 3 is 2.57 bits per heavy atom. The van der Waals surface area contributed by atoms with Gasteiger partial charge < -0.3 is 0 Å². The van der Waals surface area contributed by atoms with Crippen LogP contribution in [-0.2, 0) is 14.4 Å². The highest BCUT2D eigenvalue weighted by atomic mass is 16.2. The third kappa shape index (κ3) is 0.968. The fourth-order valence-corrected chi connectivity index (χ4v) is 1.69. The summed E-state index contributed by atoms with van der Waals surface area (Å²) >= 11 is 0. The number of carbonyl (C=O) groups is 3. The summed E-state index contributed by atoms with van der Waals surface area (Å²) in [6.45, 7) is 2.02. The number of rotatable bonds is 1. The van der Waals surface area contributed by atoms with E-state index in [1.807, 2.05) is 0 Å². The van der Waals surface area contributed by atoms with Crippen molar-refractivity contribution < 1.29 is 14.4 Å². The third-order valence-electron chi connectivity index (χ3n) is 2.39. The first kappa shape index (κ1) is 8.87. The Labute approximate surface area is 80.9 Å². The van der Waals surface area contributed by atoms with Gasteiger partial charge in [-0.2, -0.15) is 0 Å². The smallest absolute Gasteiger partial charge is 0.265 e. The normalized spacial score (nSPS) is 20.9. The fraction of sp³-hybridized carbons (Fsp3) is 0.300. The number of hydrogen-bond donors (Lipinski definition) is 0. The number of allylic oxidation sites excluding steroid dienone is 1. The van der Waals surface area contributed by atoms with Crippen LogP contribution in [0.1, 0.15) is 13.3 Å². The number of Topliss-reactive ketones (excluding diaryl/α,β-unsaturated/α-hetero) is 1. The molecule has 1 heterocycles. The Kier molecular flexibility index (Phi) is 1.84. The van der Waals surface area contributed by atoms with Crippen molar-refractivity contribution in [1.29, 1.82) is 0 Å². The molecular weight excluding hydrogens is 182 g/mol. The lowest BCUT2D eigenvalue weighted by molar-refractivity contribution is -0.137. The van der Waals surface area contributed by atoms with E-state index in [1.165, 1.54) is 0 Å². The van der Waals surface area contributed by atoms with Crippen molar-refractivity contribution in [3.63, 3.8) is 0 Å². The second-order valence-electron chi connectivity index (χ2n) is 3.17. The van der Waals surface area contributed by atoms with Gasteiger partial charge in [0, 0.05) is 13.0 Å². The van der Waals surface area contributed by atoms with E-state index >= 15 is 0 Å². The van der Waals surface area contributed by atoms with Gasteiger partial charge in [0.25, 0.3) is 11.8 Å². The summed E-state index contributed by atoms with van der Waals surface area (Å²) in [6, 6.07) is 0. The van der Waals surface area contributed by atoms with Gasteiger partial charge in [0.1, 0.15) is 0 Å². The molecular formula is C10H9NO3. The number of carbonyl (C=O) groups excluding carboxylic acids is 3. The topological polar surface area (TPSA) is 54.5 Å². The zero-order valence-electron chi connectivity index (χ0n) is 7.74. The van der Waals surface area contributed by atoms with E-state index < -0.39 is 5.91 Å². The van der Waals surface area contributed by atoms with Crippen LogP contribution in [0.15, 0.2) is 23.3 Å². The summed E-state index contributed by atoms with van der Waals surface area (Å²) < 4.78 is 0. The van der Waals surface area contributed by atoms with Gasteiger partial charge >= 0.3 is 0 Å². The Balaban J connectivity index is 2.51. The highest BCUT2D eigenvalue weighted by Crippen LogP contribution is 2.26. The molecule has 2 rings (SSSR count). The molecule has 0 spiro atoms. The predicted octanol–water partition coefficient (Wildman–Crippen LogP) is 0.201. The first-order chi connectivity index (χ1) is 6.66. The maximum Gasteiger partial charge on any atom is 0.265 e. The zero-order valence-corrected chi connectivity index (χ0v) is 7.74. The van der Waals surface area contributed by atoms with Crippen LogP contribution in [0.25, 0.3) is 0 Å². The summed E-state index contributed by atoms with van der Waals surface area (Å²) in [5.41, 5.74) is 0.326. The van der Waals surface area contributed by atoms with E-state index in [0.29, 0.717) is 6.54 Å². The minimum absolute atomic E-state index is 0.0688. The minimum Gasteiger partial charge on any atom is -0.294 e. The molecule has 0 unspecified atom stereocenters. The molecule has 0 fully saturated rings. The van der Waals surface area contributed by atoms with Crippen LogP contribution in [-0.4, -0.2) is 29.0 Å². The van der Waals surface area contributed by atoms with E-state index in [-0.39, 0.29) is 29.3 Å². The molecule has 72 valence electrons. The van der Waals surface area contributed by atoms with Gasteiger partial charge in [-0.15, -0.1) is 0 Å². The van der Waals surface area contributed by atoms with Crippen LogP contribution in [0.3, 0.4) is 0 Å². The van der Waals surface area contributed by atoms with E-state index in [0.717, 1.165) is 4.90 Å². The predicted molar refractivity (Wildman–Crippen MR) is 48.2 cm³/mol. The molecule has 4 nitrogen and oxygen atoms in total. The quantitative estimate of drug-likeness (QED) is 0.439. The van der Waals surface area contributed by atoms with E-state index in [2.05, 4.69) is 0 Å². The summed E-state index contributed by atoms with van der Waals surface area (Å²) in [5, 5.41) is 0. The average molecular weight is 191 g/mol. The largest absolute Gasteiger partial charge is 0.294 e. The van der Waals surface area contributed by atoms with Crippen molar-refractivity contribution in [2.45, 2.75) is 13.3 Å².